The van der Waals surface area contributed by atoms with E-state index in [4.69, 9.17) is 12.2 Å². The van der Waals surface area contributed by atoms with Crippen LogP contribution in [0.2, 0.25) is 0 Å². The van der Waals surface area contributed by atoms with Crippen molar-refractivity contribution in [3.63, 3.8) is 0 Å². The van der Waals surface area contributed by atoms with Gasteiger partial charge in [0.2, 0.25) is 0 Å². The van der Waals surface area contributed by atoms with E-state index in [1.54, 1.807) is 17.8 Å². The second-order valence-electron chi connectivity index (χ2n) is 3.98. The van der Waals surface area contributed by atoms with Gasteiger partial charge in [-0.05, 0) is 31.6 Å². The van der Waals surface area contributed by atoms with Crippen LogP contribution in [-0.4, -0.2) is 27.3 Å². The molecule has 0 saturated carbocycles. The van der Waals surface area contributed by atoms with Crippen molar-refractivity contribution in [2.45, 2.75) is 26.7 Å². The molecule has 0 fully saturated rings. The summed E-state index contributed by atoms with van der Waals surface area (Å²) in [5.74, 6) is -0.307. The molecule has 1 aromatic heterocycles. The summed E-state index contributed by atoms with van der Waals surface area (Å²) in [6.45, 7) is 4.78. The van der Waals surface area contributed by atoms with Crippen molar-refractivity contribution in [3.05, 3.63) is 17.5 Å². The van der Waals surface area contributed by atoms with Crippen LogP contribution in [0.3, 0.4) is 0 Å². The minimum Gasteiger partial charge on any atom is -0.361 e. The first kappa shape index (κ1) is 14.4. The van der Waals surface area contributed by atoms with Gasteiger partial charge in [0.25, 0.3) is 5.91 Å². The first-order chi connectivity index (χ1) is 8.54. The monoisotopic (exact) mass is 269 g/mol. The zero-order chi connectivity index (χ0) is 13.5. The number of nitrogens with one attached hydrogen (secondary N) is 3. The number of hydrogen-bond acceptors (Lipinski definition) is 3. The van der Waals surface area contributed by atoms with Crippen molar-refractivity contribution in [2.75, 3.05) is 6.54 Å². The SMILES string of the molecule is CCCCNC(=S)NNC(=O)c1cc(C)n(C)n1. The lowest BCUT2D eigenvalue weighted by molar-refractivity contribution is 0.0938. The number of hydrogen-bond donors (Lipinski definition) is 3. The maximum atomic E-state index is 11.7. The van der Waals surface area contributed by atoms with Gasteiger partial charge in [-0.3, -0.25) is 20.3 Å². The largest absolute Gasteiger partial charge is 0.361 e. The predicted octanol–water partition coefficient (Wildman–Crippen LogP) is 0.638. The van der Waals surface area contributed by atoms with E-state index in [2.05, 4.69) is 28.2 Å². The van der Waals surface area contributed by atoms with Crippen LogP contribution in [0.25, 0.3) is 0 Å². The molecule has 1 heterocycles. The maximum Gasteiger partial charge on any atom is 0.290 e. The molecule has 1 aromatic rings. The van der Waals surface area contributed by atoms with E-state index in [1.807, 2.05) is 6.92 Å². The number of thiocarbonyl (C=S) groups is 1. The maximum absolute atomic E-state index is 11.7. The first-order valence-corrected chi connectivity index (χ1v) is 6.30. The fourth-order valence-corrected chi connectivity index (χ4v) is 1.43. The van der Waals surface area contributed by atoms with E-state index in [0.717, 1.165) is 25.1 Å². The van der Waals surface area contributed by atoms with Crippen LogP contribution in [0.1, 0.15) is 35.9 Å². The Morgan fingerprint density at radius 1 is 1.50 bits per heavy atom. The normalized spacial score (nSPS) is 9.94. The summed E-state index contributed by atoms with van der Waals surface area (Å²) < 4.78 is 1.65. The highest BCUT2D eigenvalue weighted by Gasteiger charge is 2.10. The molecule has 6 nitrogen and oxygen atoms in total. The summed E-state index contributed by atoms with van der Waals surface area (Å²) >= 11 is 5.00. The highest BCUT2D eigenvalue weighted by molar-refractivity contribution is 7.80. The number of aromatic nitrogens is 2. The van der Waals surface area contributed by atoms with Gasteiger partial charge in [-0.1, -0.05) is 13.3 Å². The van der Waals surface area contributed by atoms with Gasteiger partial charge in [0.05, 0.1) is 0 Å². The summed E-state index contributed by atoms with van der Waals surface area (Å²) in [5.41, 5.74) is 6.42. The Morgan fingerprint density at radius 2 is 2.22 bits per heavy atom. The Morgan fingerprint density at radius 3 is 2.78 bits per heavy atom. The van der Waals surface area contributed by atoms with Gasteiger partial charge in [-0.2, -0.15) is 5.10 Å². The van der Waals surface area contributed by atoms with Crippen LogP contribution in [0.15, 0.2) is 6.07 Å². The molecule has 0 bridgehead atoms. The van der Waals surface area contributed by atoms with E-state index in [9.17, 15) is 4.79 Å². The van der Waals surface area contributed by atoms with Gasteiger partial charge in [0, 0.05) is 19.3 Å². The molecular formula is C11H19N5OS. The number of rotatable bonds is 4. The van der Waals surface area contributed by atoms with Gasteiger partial charge in [-0.25, -0.2) is 0 Å². The quantitative estimate of drug-likeness (QED) is 0.425. The predicted molar refractivity (Wildman–Crippen MR) is 74.1 cm³/mol. The zero-order valence-electron chi connectivity index (χ0n) is 10.9. The number of unbranched alkanes of at least 4 members (excludes halogenated alkanes) is 1. The van der Waals surface area contributed by atoms with Crippen molar-refractivity contribution in [3.8, 4) is 0 Å². The molecule has 0 aliphatic rings. The average molecular weight is 269 g/mol. The lowest BCUT2D eigenvalue weighted by Crippen LogP contribution is -2.47. The standard InChI is InChI=1S/C11H19N5OS/c1-4-5-6-12-11(18)14-13-10(17)9-7-8(2)16(3)15-9/h7H,4-6H2,1-3H3,(H,13,17)(H2,12,14,18). The molecule has 0 aliphatic carbocycles. The van der Waals surface area contributed by atoms with E-state index in [1.165, 1.54) is 0 Å². The summed E-state index contributed by atoms with van der Waals surface area (Å²) in [5, 5.41) is 7.46. The Hall–Kier alpha value is -1.63. The minimum atomic E-state index is -0.307. The first-order valence-electron chi connectivity index (χ1n) is 5.89. The van der Waals surface area contributed by atoms with Gasteiger partial charge in [0.1, 0.15) is 0 Å². The van der Waals surface area contributed by atoms with E-state index < -0.39 is 0 Å². The van der Waals surface area contributed by atoms with Crippen LogP contribution >= 0.6 is 12.2 Å². The smallest absolute Gasteiger partial charge is 0.290 e. The third-order valence-electron chi connectivity index (χ3n) is 2.45. The highest BCUT2D eigenvalue weighted by Crippen LogP contribution is 2.00. The Balaban J connectivity index is 2.35. The van der Waals surface area contributed by atoms with Crippen LogP contribution < -0.4 is 16.2 Å². The summed E-state index contributed by atoms with van der Waals surface area (Å²) in [6, 6.07) is 1.71. The molecule has 1 rings (SSSR count). The molecule has 0 aromatic carbocycles. The molecule has 0 spiro atoms. The van der Waals surface area contributed by atoms with Gasteiger partial charge in [-0.15, -0.1) is 0 Å². The van der Waals surface area contributed by atoms with E-state index in [0.29, 0.717) is 10.8 Å². The topological polar surface area (TPSA) is 71.0 Å². The number of carbonyl (C=O) groups is 1. The molecular weight excluding hydrogens is 250 g/mol. The second kappa shape index (κ2) is 6.95. The minimum absolute atomic E-state index is 0.307. The van der Waals surface area contributed by atoms with E-state index in [-0.39, 0.29) is 5.91 Å². The molecule has 0 saturated heterocycles. The second-order valence-corrected chi connectivity index (χ2v) is 4.39. The molecule has 100 valence electrons. The molecule has 0 radical (unpaired) electrons. The number of carbonyl (C=O) groups excluding carboxylic acids is 1. The third-order valence-corrected chi connectivity index (χ3v) is 2.70. The fourth-order valence-electron chi connectivity index (χ4n) is 1.27. The molecule has 3 N–H and O–H groups in total. The average Bonchev–Trinajstić information content (AvgIpc) is 2.67. The molecule has 0 unspecified atom stereocenters. The van der Waals surface area contributed by atoms with Crippen molar-refractivity contribution < 1.29 is 4.79 Å². The van der Waals surface area contributed by atoms with E-state index >= 15 is 0 Å². The van der Waals surface area contributed by atoms with Crippen molar-refractivity contribution >= 4 is 23.2 Å². The Kier molecular flexibility index (Phi) is 5.57. The summed E-state index contributed by atoms with van der Waals surface area (Å²) in [4.78, 5) is 11.7. The van der Waals surface area contributed by atoms with Gasteiger partial charge >= 0.3 is 0 Å². The van der Waals surface area contributed by atoms with Crippen LogP contribution in [0.5, 0.6) is 0 Å². The Labute approximate surface area is 112 Å². The van der Waals surface area contributed by atoms with Crippen LogP contribution in [-0.2, 0) is 7.05 Å². The van der Waals surface area contributed by atoms with Crippen LogP contribution in [0, 0.1) is 6.92 Å². The van der Waals surface area contributed by atoms with Gasteiger partial charge < -0.3 is 5.32 Å². The molecule has 1 amide bonds. The number of amides is 1. The molecule has 7 heteroatoms. The number of hydrazine groups is 1. The van der Waals surface area contributed by atoms with Crippen molar-refractivity contribution in [1.29, 1.82) is 0 Å². The van der Waals surface area contributed by atoms with Crippen molar-refractivity contribution in [2.24, 2.45) is 7.05 Å². The fraction of sp³-hybridized carbons (Fsp3) is 0.545. The van der Waals surface area contributed by atoms with Crippen molar-refractivity contribution in [1.82, 2.24) is 25.9 Å². The number of aryl methyl sites for hydroxylation is 2. The molecule has 0 atom stereocenters. The zero-order valence-corrected chi connectivity index (χ0v) is 11.7. The lowest BCUT2D eigenvalue weighted by Gasteiger charge is -2.10. The molecule has 0 aliphatic heterocycles. The third kappa shape index (κ3) is 4.33. The van der Waals surface area contributed by atoms with Gasteiger partial charge in [0.15, 0.2) is 10.8 Å². The number of nitrogens with zero attached hydrogens (tertiary/aromatic N) is 2. The lowest BCUT2D eigenvalue weighted by atomic mass is 10.3. The van der Waals surface area contributed by atoms with Crippen LogP contribution in [0.4, 0.5) is 0 Å². The Bertz CT molecular complexity index is 410. The summed E-state index contributed by atoms with van der Waals surface area (Å²) in [7, 11) is 1.79. The molecule has 18 heavy (non-hydrogen) atoms. The highest BCUT2D eigenvalue weighted by atomic mass is 32.1. The summed E-state index contributed by atoms with van der Waals surface area (Å²) in [6.07, 6.45) is 2.13.